The molecule has 0 unspecified atom stereocenters. The van der Waals surface area contributed by atoms with Crippen molar-refractivity contribution in [3.05, 3.63) is 17.0 Å². The Morgan fingerprint density at radius 3 is 2.42 bits per heavy atom. The van der Waals surface area contributed by atoms with Gasteiger partial charge in [-0.3, -0.25) is 4.79 Å². The number of nitrogens with zero attached hydrogens (tertiary/aromatic N) is 1. The SMILES string of the molecule is CCC(N)(CC)CNC(=O)Cc1ccc(S(=O)(=O)N2CCCCC2)s1.Cl. The monoisotopic (exact) mass is 423 g/mol. The topological polar surface area (TPSA) is 92.5 Å². The zero-order valence-electron chi connectivity index (χ0n) is 15.5. The normalized spacial score (nSPS) is 16.1. The van der Waals surface area contributed by atoms with Gasteiger partial charge in [-0.15, -0.1) is 23.7 Å². The number of hydrogen-bond donors (Lipinski definition) is 2. The maximum absolute atomic E-state index is 12.6. The van der Waals surface area contributed by atoms with E-state index in [1.54, 1.807) is 16.4 Å². The number of halogens is 1. The molecule has 1 aliphatic rings. The number of thiophene rings is 1. The van der Waals surface area contributed by atoms with Gasteiger partial charge in [-0.1, -0.05) is 20.3 Å². The van der Waals surface area contributed by atoms with E-state index in [1.165, 1.54) is 11.3 Å². The van der Waals surface area contributed by atoms with E-state index < -0.39 is 10.0 Å². The second-order valence-electron chi connectivity index (χ2n) is 6.71. The first kappa shape index (κ1) is 23.4. The van der Waals surface area contributed by atoms with Crippen molar-refractivity contribution in [1.29, 1.82) is 0 Å². The van der Waals surface area contributed by atoms with Crippen LogP contribution in [-0.4, -0.2) is 43.8 Å². The Kier molecular flexibility index (Phi) is 9.02. The zero-order valence-corrected chi connectivity index (χ0v) is 17.9. The van der Waals surface area contributed by atoms with E-state index in [0.717, 1.165) is 37.0 Å². The molecule has 0 atom stereocenters. The number of carbonyl (C=O) groups excluding carboxylic acids is 1. The molecule has 1 amide bonds. The summed E-state index contributed by atoms with van der Waals surface area (Å²) in [4.78, 5) is 12.9. The molecular weight excluding hydrogens is 394 g/mol. The van der Waals surface area contributed by atoms with Crippen molar-refractivity contribution in [2.75, 3.05) is 19.6 Å². The molecule has 0 spiro atoms. The van der Waals surface area contributed by atoms with Crippen molar-refractivity contribution < 1.29 is 13.2 Å². The Bertz CT molecular complexity index is 681. The first-order valence-corrected chi connectivity index (χ1v) is 11.2. The Balaban J connectivity index is 0.00000338. The van der Waals surface area contributed by atoms with Gasteiger partial charge in [0.15, 0.2) is 0 Å². The number of carbonyl (C=O) groups is 1. The van der Waals surface area contributed by atoms with Crippen LogP contribution in [0.5, 0.6) is 0 Å². The molecular formula is C17H30ClN3O3S2. The highest BCUT2D eigenvalue weighted by atomic mass is 35.5. The van der Waals surface area contributed by atoms with Crippen molar-refractivity contribution >= 4 is 39.7 Å². The van der Waals surface area contributed by atoms with E-state index in [1.807, 2.05) is 13.8 Å². The van der Waals surface area contributed by atoms with Gasteiger partial charge in [0.05, 0.1) is 6.42 Å². The van der Waals surface area contributed by atoms with Crippen LogP contribution in [0.25, 0.3) is 0 Å². The lowest BCUT2D eigenvalue weighted by Gasteiger charge is -2.26. The van der Waals surface area contributed by atoms with Crippen LogP contribution in [0.2, 0.25) is 0 Å². The van der Waals surface area contributed by atoms with Gasteiger partial charge in [0, 0.05) is 30.1 Å². The molecule has 1 aromatic heterocycles. The van der Waals surface area contributed by atoms with Crippen LogP contribution >= 0.6 is 23.7 Å². The predicted octanol–water partition coefficient (Wildman–Crippen LogP) is 2.52. The summed E-state index contributed by atoms with van der Waals surface area (Å²) in [6.07, 6.45) is 4.68. The largest absolute Gasteiger partial charge is 0.354 e. The minimum atomic E-state index is -3.42. The Labute approximate surface area is 167 Å². The third-order valence-corrected chi connectivity index (χ3v) is 8.38. The van der Waals surface area contributed by atoms with Crippen molar-refractivity contribution in [2.45, 2.75) is 62.1 Å². The highest BCUT2D eigenvalue weighted by molar-refractivity contribution is 7.91. The van der Waals surface area contributed by atoms with E-state index >= 15 is 0 Å². The van der Waals surface area contributed by atoms with Crippen LogP contribution in [0.1, 0.15) is 50.8 Å². The van der Waals surface area contributed by atoms with Gasteiger partial charge in [0.2, 0.25) is 5.91 Å². The summed E-state index contributed by atoms with van der Waals surface area (Å²) >= 11 is 1.18. The van der Waals surface area contributed by atoms with Gasteiger partial charge < -0.3 is 11.1 Å². The maximum atomic E-state index is 12.6. The molecule has 1 saturated heterocycles. The van der Waals surface area contributed by atoms with Crippen LogP contribution in [0.3, 0.4) is 0 Å². The van der Waals surface area contributed by atoms with Crippen LogP contribution < -0.4 is 11.1 Å². The van der Waals surface area contributed by atoms with E-state index in [4.69, 9.17) is 5.73 Å². The number of sulfonamides is 1. The van der Waals surface area contributed by atoms with E-state index in [9.17, 15) is 13.2 Å². The van der Waals surface area contributed by atoms with Gasteiger partial charge in [-0.05, 0) is 37.8 Å². The Morgan fingerprint density at radius 2 is 1.85 bits per heavy atom. The standard InChI is InChI=1S/C17H29N3O3S2.ClH/c1-3-17(18,4-2)13-19-15(21)12-14-8-9-16(24-14)25(22,23)20-10-6-5-7-11-20;/h8-9H,3-7,10-13,18H2,1-2H3,(H,19,21);1H. The molecule has 0 saturated carbocycles. The van der Waals surface area contributed by atoms with Crippen molar-refractivity contribution in [1.82, 2.24) is 9.62 Å². The number of hydrogen-bond acceptors (Lipinski definition) is 5. The fourth-order valence-corrected chi connectivity index (χ4v) is 5.85. The molecule has 2 rings (SSSR count). The Morgan fingerprint density at radius 1 is 1.23 bits per heavy atom. The molecule has 1 fully saturated rings. The number of piperidine rings is 1. The summed E-state index contributed by atoms with van der Waals surface area (Å²) in [6, 6.07) is 3.35. The lowest BCUT2D eigenvalue weighted by molar-refractivity contribution is -0.120. The summed E-state index contributed by atoms with van der Waals surface area (Å²) in [5.74, 6) is -0.125. The van der Waals surface area contributed by atoms with Gasteiger partial charge >= 0.3 is 0 Å². The summed E-state index contributed by atoms with van der Waals surface area (Å²) in [5.41, 5.74) is 5.80. The lowest BCUT2D eigenvalue weighted by Crippen LogP contribution is -2.49. The fraction of sp³-hybridized carbons (Fsp3) is 0.706. The van der Waals surface area contributed by atoms with Crippen LogP contribution in [-0.2, 0) is 21.2 Å². The predicted molar refractivity (Wildman–Crippen MR) is 108 cm³/mol. The molecule has 9 heteroatoms. The Hall–Kier alpha value is -0.670. The molecule has 26 heavy (non-hydrogen) atoms. The van der Waals surface area contributed by atoms with Crippen molar-refractivity contribution in [3.8, 4) is 0 Å². The van der Waals surface area contributed by atoms with Gasteiger partial charge in [0.1, 0.15) is 4.21 Å². The number of rotatable bonds is 8. The first-order chi connectivity index (χ1) is 11.8. The first-order valence-electron chi connectivity index (χ1n) is 8.95. The van der Waals surface area contributed by atoms with E-state index in [-0.39, 0.29) is 30.3 Å². The summed E-state index contributed by atoms with van der Waals surface area (Å²) in [7, 11) is -3.42. The third kappa shape index (κ3) is 5.92. The molecule has 1 aromatic rings. The molecule has 0 aliphatic carbocycles. The third-order valence-electron chi connectivity index (χ3n) is 4.93. The smallest absolute Gasteiger partial charge is 0.252 e. The zero-order chi connectivity index (χ0) is 18.5. The molecule has 150 valence electrons. The molecule has 1 aliphatic heterocycles. The van der Waals surface area contributed by atoms with Crippen LogP contribution in [0, 0.1) is 0 Å². The lowest BCUT2D eigenvalue weighted by atomic mass is 9.94. The quantitative estimate of drug-likeness (QED) is 0.671. The minimum absolute atomic E-state index is 0. The molecule has 3 N–H and O–H groups in total. The molecule has 0 radical (unpaired) electrons. The molecule has 0 bridgehead atoms. The fourth-order valence-electron chi connectivity index (χ4n) is 2.82. The minimum Gasteiger partial charge on any atom is -0.354 e. The second kappa shape index (κ2) is 10.0. The summed E-state index contributed by atoms with van der Waals surface area (Å²) in [5, 5.41) is 2.87. The highest BCUT2D eigenvalue weighted by Gasteiger charge is 2.27. The maximum Gasteiger partial charge on any atom is 0.252 e. The van der Waals surface area contributed by atoms with E-state index in [2.05, 4.69) is 5.32 Å². The van der Waals surface area contributed by atoms with Gasteiger partial charge in [0.25, 0.3) is 10.0 Å². The molecule has 0 aromatic carbocycles. The van der Waals surface area contributed by atoms with Crippen molar-refractivity contribution in [2.24, 2.45) is 5.73 Å². The number of nitrogens with two attached hydrogens (primary N) is 1. The summed E-state index contributed by atoms with van der Waals surface area (Å²) in [6.45, 7) is 5.62. The van der Waals surface area contributed by atoms with Gasteiger partial charge in [-0.25, -0.2) is 8.42 Å². The number of nitrogens with one attached hydrogen (secondary N) is 1. The van der Waals surface area contributed by atoms with Crippen molar-refractivity contribution in [3.63, 3.8) is 0 Å². The molecule has 2 heterocycles. The van der Waals surface area contributed by atoms with E-state index in [0.29, 0.717) is 23.8 Å². The molecule has 6 nitrogen and oxygen atoms in total. The number of amides is 1. The van der Waals surface area contributed by atoms with Gasteiger partial charge in [-0.2, -0.15) is 4.31 Å². The average Bonchev–Trinajstić information content (AvgIpc) is 3.09. The second-order valence-corrected chi connectivity index (χ2v) is 10.0. The summed E-state index contributed by atoms with van der Waals surface area (Å²) < 4.78 is 27.2. The van der Waals surface area contributed by atoms with Crippen LogP contribution in [0.15, 0.2) is 16.3 Å². The highest BCUT2D eigenvalue weighted by Crippen LogP contribution is 2.27. The van der Waals surface area contributed by atoms with Crippen LogP contribution in [0.4, 0.5) is 0 Å². The average molecular weight is 424 g/mol.